The average molecular weight is 421 g/mol. The first-order valence-electron chi connectivity index (χ1n) is 9.03. The average Bonchev–Trinajstić information content (AvgIpc) is 2.57. The van der Waals surface area contributed by atoms with E-state index < -0.39 is 66.1 Å². The number of ketones is 1. The van der Waals surface area contributed by atoms with Gasteiger partial charge >= 0.3 is 5.97 Å². The molecule has 3 amide bonds. The molecular weight excluding hydrogens is 392 g/mol. The van der Waals surface area contributed by atoms with Gasteiger partial charge in [-0.1, -0.05) is 0 Å². The molecule has 0 rings (SSSR count). The van der Waals surface area contributed by atoms with Crippen molar-refractivity contribution < 1.29 is 37.5 Å². The van der Waals surface area contributed by atoms with Crippen LogP contribution in [0.15, 0.2) is 0 Å². The number of hydrogen-bond donors (Lipinski definition) is 3. The Hall–Kier alpha value is -2.59. The molecule has 0 aromatic rings. The highest BCUT2D eigenvalue weighted by molar-refractivity contribution is 5.95. The Kier molecular flexibility index (Phi) is 10.4. The van der Waals surface area contributed by atoms with Crippen LogP contribution < -0.4 is 16.0 Å². The Morgan fingerprint density at radius 1 is 0.931 bits per heavy atom. The van der Waals surface area contributed by atoms with Crippen molar-refractivity contribution in [2.45, 2.75) is 78.1 Å². The second-order valence-corrected chi connectivity index (χ2v) is 7.60. The molecule has 9 nitrogen and oxygen atoms in total. The Balaban J connectivity index is 4.92. The summed E-state index contributed by atoms with van der Waals surface area (Å²) in [4.78, 5) is 58.3. The summed E-state index contributed by atoms with van der Waals surface area (Å²) in [6.07, 6.45) is -3.62. The number of amides is 3. The molecule has 1 unspecified atom stereocenters. The monoisotopic (exact) mass is 421 g/mol. The van der Waals surface area contributed by atoms with E-state index in [-0.39, 0.29) is 0 Å². The van der Waals surface area contributed by atoms with Crippen LogP contribution in [0.4, 0.5) is 8.78 Å². The summed E-state index contributed by atoms with van der Waals surface area (Å²) in [7, 11) is 0. The Morgan fingerprint density at radius 3 is 1.86 bits per heavy atom. The predicted octanol–water partition coefficient (Wildman–Crippen LogP) is 0.313. The highest BCUT2D eigenvalue weighted by Gasteiger charge is 2.36. The number of carbonyl (C=O) groups is 5. The minimum atomic E-state index is -3.12. The highest BCUT2D eigenvalue weighted by atomic mass is 19.3. The summed E-state index contributed by atoms with van der Waals surface area (Å²) in [5.41, 5.74) is -0.893. The van der Waals surface area contributed by atoms with Gasteiger partial charge in [0.05, 0.1) is 18.4 Å². The van der Waals surface area contributed by atoms with Gasteiger partial charge in [0.1, 0.15) is 17.7 Å². The number of nitrogens with one attached hydrogen (secondary N) is 3. The zero-order valence-electron chi connectivity index (χ0n) is 17.4. The summed E-state index contributed by atoms with van der Waals surface area (Å²) in [5, 5.41) is 6.75. The van der Waals surface area contributed by atoms with E-state index in [4.69, 9.17) is 4.74 Å². The molecule has 3 N–H and O–H groups in total. The van der Waals surface area contributed by atoms with Crippen LogP contribution >= 0.6 is 0 Å². The summed E-state index contributed by atoms with van der Waals surface area (Å²) in [6, 6.07) is -3.31. The number of ether oxygens (including phenoxy) is 1. The van der Waals surface area contributed by atoms with E-state index in [2.05, 4.69) is 16.0 Å². The maximum Gasteiger partial charge on any atom is 0.307 e. The van der Waals surface area contributed by atoms with Crippen LogP contribution in [0.2, 0.25) is 0 Å². The number of alkyl halides is 2. The summed E-state index contributed by atoms with van der Waals surface area (Å²) in [6.45, 7) is 8.61. The SMILES string of the molecule is C[C@H](NC=O)C(=O)N[C@@H](C)C(=O)N[C@@H](C)C(=O)C(CC(=O)OC(C)(C)C)C(F)F. The van der Waals surface area contributed by atoms with E-state index in [0.29, 0.717) is 6.41 Å². The molecule has 0 heterocycles. The van der Waals surface area contributed by atoms with Gasteiger partial charge in [0, 0.05) is 0 Å². The minimum Gasteiger partial charge on any atom is -0.460 e. The maximum absolute atomic E-state index is 13.3. The maximum atomic E-state index is 13.3. The van der Waals surface area contributed by atoms with Crippen LogP contribution in [0, 0.1) is 5.92 Å². The minimum absolute atomic E-state index is 0.324. The van der Waals surface area contributed by atoms with E-state index in [1.807, 2.05) is 0 Å². The van der Waals surface area contributed by atoms with Crippen molar-refractivity contribution >= 4 is 30.0 Å². The highest BCUT2D eigenvalue weighted by Crippen LogP contribution is 2.20. The quantitative estimate of drug-likeness (QED) is 0.325. The molecule has 11 heteroatoms. The number of hydrogen-bond acceptors (Lipinski definition) is 6. The van der Waals surface area contributed by atoms with E-state index in [0.717, 1.165) is 0 Å². The topological polar surface area (TPSA) is 131 Å². The van der Waals surface area contributed by atoms with E-state index in [9.17, 15) is 32.8 Å². The van der Waals surface area contributed by atoms with Crippen LogP contribution in [0.3, 0.4) is 0 Å². The summed E-state index contributed by atoms with van der Waals surface area (Å²) in [5.74, 6) is -5.36. The van der Waals surface area contributed by atoms with Crippen LogP contribution in [0.5, 0.6) is 0 Å². The molecule has 0 spiro atoms. The first-order chi connectivity index (χ1) is 13.2. The van der Waals surface area contributed by atoms with Gasteiger partial charge in [-0.15, -0.1) is 0 Å². The summed E-state index contributed by atoms with van der Waals surface area (Å²) < 4.78 is 31.6. The molecule has 0 fully saturated rings. The van der Waals surface area contributed by atoms with Crippen molar-refractivity contribution in [1.82, 2.24) is 16.0 Å². The van der Waals surface area contributed by atoms with Crippen LogP contribution in [0.25, 0.3) is 0 Å². The third-order valence-corrected chi connectivity index (χ3v) is 3.73. The van der Waals surface area contributed by atoms with Crippen molar-refractivity contribution in [3.05, 3.63) is 0 Å². The van der Waals surface area contributed by atoms with Crippen LogP contribution in [-0.2, 0) is 28.7 Å². The molecular formula is C18H29F2N3O6. The van der Waals surface area contributed by atoms with Crippen molar-refractivity contribution in [3.63, 3.8) is 0 Å². The van der Waals surface area contributed by atoms with Crippen molar-refractivity contribution in [2.75, 3.05) is 0 Å². The third kappa shape index (κ3) is 9.95. The molecule has 0 aliphatic carbocycles. The number of rotatable bonds is 11. The first-order valence-corrected chi connectivity index (χ1v) is 9.03. The van der Waals surface area contributed by atoms with Crippen LogP contribution in [-0.4, -0.2) is 60.1 Å². The number of halogens is 2. The molecule has 0 bridgehead atoms. The van der Waals surface area contributed by atoms with Gasteiger partial charge in [-0.2, -0.15) is 0 Å². The number of carbonyl (C=O) groups excluding carboxylic acids is 5. The van der Waals surface area contributed by atoms with Crippen LogP contribution in [0.1, 0.15) is 48.0 Å². The molecule has 0 aliphatic heterocycles. The lowest BCUT2D eigenvalue weighted by Gasteiger charge is -2.24. The number of Topliss-reactive ketones (excluding diaryl/α,β-unsaturated/α-hetero) is 1. The fourth-order valence-electron chi connectivity index (χ4n) is 2.19. The van der Waals surface area contributed by atoms with Gasteiger partial charge in [-0.25, -0.2) is 8.78 Å². The molecule has 0 radical (unpaired) electrons. The van der Waals surface area contributed by atoms with Gasteiger partial charge in [-0.3, -0.25) is 24.0 Å². The predicted molar refractivity (Wildman–Crippen MR) is 98.8 cm³/mol. The Morgan fingerprint density at radius 2 is 1.41 bits per heavy atom. The third-order valence-electron chi connectivity index (χ3n) is 3.73. The van der Waals surface area contributed by atoms with Gasteiger partial charge in [-0.05, 0) is 41.5 Å². The zero-order valence-corrected chi connectivity index (χ0v) is 17.4. The molecule has 4 atom stereocenters. The fourth-order valence-corrected chi connectivity index (χ4v) is 2.19. The van der Waals surface area contributed by atoms with Crippen molar-refractivity contribution in [3.8, 4) is 0 Å². The largest absolute Gasteiger partial charge is 0.460 e. The van der Waals surface area contributed by atoms with Gasteiger partial charge in [0.25, 0.3) is 0 Å². The zero-order chi connectivity index (χ0) is 22.9. The van der Waals surface area contributed by atoms with Gasteiger partial charge < -0.3 is 20.7 Å². The van der Waals surface area contributed by atoms with E-state index in [1.54, 1.807) is 20.8 Å². The number of esters is 1. The van der Waals surface area contributed by atoms with Crippen molar-refractivity contribution in [1.29, 1.82) is 0 Å². The van der Waals surface area contributed by atoms with E-state index in [1.165, 1.54) is 20.8 Å². The second-order valence-electron chi connectivity index (χ2n) is 7.60. The van der Waals surface area contributed by atoms with Gasteiger partial charge in [0.2, 0.25) is 24.6 Å². The smallest absolute Gasteiger partial charge is 0.307 e. The van der Waals surface area contributed by atoms with Gasteiger partial charge in [0.15, 0.2) is 5.78 Å². The van der Waals surface area contributed by atoms with Crippen molar-refractivity contribution in [2.24, 2.45) is 5.92 Å². The standard InChI is InChI=1S/C18H29F2N3O6/c1-9(22-17(28)11(3)23-16(27)10(2)21-8-24)14(26)12(15(19)20)7-13(25)29-18(4,5)6/h8-12,15H,7H2,1-6H3,(H,21,24)(H,22,28)(H,23,27)/t9-,10-,11-,12?/m0/s1. The Bertz CT molecular complexity index is 621. The lowest BCUT2D eigenvalue weighted by Crippen LogP contribution is -2.53. The Labute approximate surface area is 168 Å². The molecule has 0 saturated carbocycles. The summed E-state index contributed by atoms with van der Waals surface area (Å²) >= 11 is 0. The molecule has 166 valence electrons. The normalized spacial score (nSPS) is 15.5. The lowest BCUT2D eigenvalue weighted by atomic mass is 9.95. The molecule has 0 aromatic carbocycles. The molecule has 0 saturated heterocycles. The molecule has 0 aromatic heterocycles. The molecule has 0 aliphatic rings. The first kappa shape index (κ1) is 26.4. The second kappa shape index (κ2) is 11.4. The fraction of sp³-hybridized carbons (Fsp3) is 0.722. The molecule has 29 heavy (non-hydrogen) atoms. The lowest BCUT2D eigenvalue weighted by molar-refractivity contribution is -0.159. The van der Waals surface area contributed by atoms with E-state index >= 15 is 0 Å².